The van der Waals surface area contributed by atoms with Gasteiger partial charge in [0.05, 0.1) is 12.7 Å². The van der Waals surface area contributed by atoms with Crippen LogP contribution in [0.1, 0.15) is 37.0 Å². The average Bonchev–Trinajstić information content (AvgIpc) is 2.51. The second-order valence-electron chi connectivity index (χ2n) is 5.24. The highest BCUT2D eigenvalue weighted by Crippen LogP contribution is 2.24. The van der Waals surface area contributed by atoms with Gasteiger partial charge in [-0.2, -0.15) is 0 Å². The van der Waals surface area contributed by atoms with Gasteiger partial charge in [-0.25, -0.2) is 18.4 Å². The Balaban J connectivity index is 2.77. The first-order valence-electron chi connectivity index (χ1n) is 7.36. The van der Waals surface area contributed by atoms with Crippen molar-refractivity contribution in [2.24, 2.45) is 5.14 Å². The minimum Gasteiger partial charge on any atom is -0.495 e. The number of nitrogens with one attached hydrogen (secondary N) is 1. The van der Waals surface area contributed by atoms with E-state index in [1.54, 1.807) is 0 Å². The van der Waals surface area contributed by atoms with Crippen LogP contribution in [-0.4, -0.2) is 40.1 Å². The smallest absolute Gasteiger partial charge is 0.338 e. The molecule has 1 aromatic carbocycles. The number of carbonyl (C=O) groups is 2. The van der Waals surface area contributed by atoms with E-state index in [1.807, 2.05) is 13.8 Å². The van der Waals surface area contributed by atoms with Crippen LogP contribution in [0.15, 0.2) is 23.1 Å². The molecule has 0 bridgehead atoms. The van der Waals surface area contributed by atoms with Gasteiger partial charge in [0.1, 0.15) is 10.6 Å². The molecule has 0 aromatic heterocycles. The number of hydrogen-bond acceptors (Lipinski definition) is 6. The summed E-state index contributed by atoms with van der Waals surface area (Å²) in [4.78, 5) is 23.3. The van der Waals surface area contributed by atoms with Gasteiger partial charge in [-0.15, -0.1) is 0 Å². The molecule has 1 atom stereocenters. The molecule has 0 aliphatic heterocycles. The highest BCUT2D eigenvalue weighted by atomic mass is 32.2. The number of carbonyl (C=O) groups excluding carboxylic acids is 2. The van der Waals surface area contributed by atoms with Gasteiger partial charge in [-0.05, 0) is 31.5 Å². The van der Waals surface area contributed by atoms with E-state index in [-0.39, 0.29) is 22.3 Å². The predicted molar refractivity (Wildman–Crippen MR) is 87.2 cm³/mol. The lowest BCUT2D eigenvalue weighted by molar-refractivity contribution is -0.124. The highest BCUT2D eigenvalue weighted by molar-refractivity contribution is 7.89. The summed E-state index contributed by atoms with van der Waals surface area (Å²) in [5, 5.41) is 7.77. The van der Waals surface area contributed by atoms with E-state index in [0.29, 0.717) is 0 Å². The molecular formula is C15H22N2O6S. The van der Waals surface area contributed by atoms with Crippen molar-refractivity contribution in [2.45, 2.75) is 37.6 Å². The van der Waals surface area contributed by atoms with Crippen molar-refractivity contribution in [3.05, 3.63) is 23.8 Å². The van der Waals surface area contributed by atoms with Crippen LogP contribution in [0, 0.1) is 0 Å². The van der Waals surface area contributed by atoms with E-state index in [9.17, 15) is 18.0 Å². The Morgan fingerprint density at radius 3 is 2.54 bits per heavy atom. The number of primary sulfonamides is 1. The molecule has 8 nitrogen and oxygen atoms in total. The van der Waals surface area contributed by atoms with Gasteiger partial charge in [0.15, 0.2) is 6.61 Å². The lowest BCUT2D eigenvalue weighted by Gasteiger charge is -2.13. The van der Waals surface area contributed by atoms with Gasteiger partial charge in [-0.3, -0.25) is 4.79 Å². The number of sulfonamides is 1. The standard InChI is InChI=1S/C15H22N2O6S/c1-4-5-10(2)17-14(18)9-23-15(19)11-6-7-12(22-3)13(8-11)24(16,20)21/h6-8,10H,4-5,9H2,1-3H3,(H,17,18)(H2,16,20,21)/t10-/m1/s1. The van der Waals surface area contributed by atoms with Gasteiger partial charge < -0.3 is 14.8 Å². The summed E-state index contributed by atoms with van der Waals surface area (Å²) in [6.07, 6.45) is 1.74. The lowest BCUT2D eigenvalue weighted by Crippen LogP contribution is -2.35. The number of rotatable bonds is 8. The van der Waals surface area contributed by atoms with Crippen molar-refractivity contribution in [3.8, 4) is 5.75 Å². The first kappa shape index (κ1) is 19.9. The molecule has 0 saturated heterocycles. The number of esters is 1. The summed E-state index contributed by atoms with van der Waals surface area (Å²) < 4.78 is 32.8. The van der Waals surface area contributed by atoms with Crippen molar-refractivity contribution in [1.29, 1.82) is 0 Å². The third-order valence-electron chi connectivity index (χ3n) is 3.17. The Morgan fingerprint density at radius 2 is 2.00 bits per heavy atom. The second-order valence-corrected chi connectivity index (χ2v) is 6.77. The molecule has 1 rings (SSSR count). The van der Waals surface area contributed by atoms with E-state index in [4.69, 9.17) is 14.6 Å². The molecule has 0 fully saturated rings. The van der Waals surface area contributed by atoms with Crippen LogP contribution in [0.2, 0.25) is 0 Å². The van der Waals surface area contributed by atoms with Gasteiger partial charge in [0.2, 0.25) is 10.0 Å². The Bertz CT molecular complexity index is 702. The monoisotopic (exact) mass is 358 g/mol. The fourth-order valence-corrected chi connectivity index (χ4v) is 2.79. The largest absolute Gasteiger partial charge is 0.495 e. The Labute approximate surface area is 141 Å². The number of amides is 1. The second kappa shape index (κ2) is 8.65. The topological polar surface area (TPSA) is 125 Å². The third kappa shape index (κ3) is 5.82. The Kier molecular flexibility index (Phi) is 7.18. The van der Waals surface area contributed by atoms with Gasteiger partial charge in [0.25, 0.3) is 5.91 Å². The average molecular weight is 358 g/mol. The molecule has 0 radical (unpaired) electrons. The number of methoxy groups -OCH3 is 1. The number of benzene rings is 1. The van der Waals surface area contributed by atoms with Gasteiger partial charge in [-0.1, -0.05) is 13.3 Å². The van der Waals surface area contributed by atoms with E-state index < -0.39 is 28.5 Å². The molecule has 0 saturated carbocycles. The molecule has 3 N–H and O–H groups in total. The molecule has 0 spiro atoms. The van der Waals surface area contributed by atoms with Crippen LogP contribution in [-0.2, 0) is 19.6 Å². The molecule has 1 amide bonds. The highest BCUT2D eigenvalue weighted by Gasteiger charge is 2.19. The minimum atomic E-state index is -4.07. The number of ether oxygens (including phenoxy) is 2. The number of hydrogen-bond donors (Lipinski definition) is 2. The molecule has 134 valence electrons. The normalized spacial score (nSPS) is 12.3. The van der Waals surface area contributed by atoms with Crippen LogP contribution in [0.4, 0.5) is 0 Å². The molecule has 0 unspecified atom stereocenters. The third-order valence-corrected chi connectivity index (χ3v) is 4.10. The summed E-state index contributed by atoms with van der Waals surface area (Å²) in [6.45, 7) is 3.39. The minimum absolute atomic E-state index is 0.0141. The molecule has 24 heavy (non-hydrogen) atoms. The summed E-state index contributed by atoms with van der Waals surface area (Å²) in [5.74, 6) is -1.24. The quantitative estimate of drug-likeness (QED) is 0.662. The van der Waals surface area contributed by atoms with E-state index in [1.165, 1.54) is 19.2 Å². The van der Waals surface area contributed by atoms with Crippen molar-refractivity contribution < 1.29 is 27.5 Å². The lowest BCUT2D eigenvalue weighted by atomic mass is 10.2. The maximum atomic E-state index is 12.0. The Hall–Kier alpha value is -2.13. The number of nitrogens with two attached hydrogens (primary N) is 1. The van der Waals surface area contributed by atoms with Crippen LogP contribution in [0.5, 0.6) is 5.75 Å². The summed E-state index contributed by atoms with van der Waals surface area (Å²) in [5.41, 5.74) is -0.0470. The maximum absolute atomic E-state index is 12.0. The molecule has 0 heterocycles. The maximum Gasteiger partial charge on any atom is 0.338 e. The zero-order chi connectivity index (χ0) is 18.3. The van der Waals surface area contributed by atoms with Crippen LogP contribution < -0.4 is 15.2 Å². The molecule has 0 aliphatic rings. The zero-order valence-electron chi connectivity index (χ0n) is 13.9. The SMILES string of the molecule is CCC[C@@H](C)NC(=O)COC(=O)c1ccc(OC)c(S(N)(=O)=O)c1. The van der Waals surface area contributed by atoms with Gasteiger partial charge in [0, 0.05) is 6.04 Å². The van der Waals surface area contributed by atoms with Crippen LogP contribution >= 0.6 is 0 Å². The van der Waals surface area contributed by atoms with Crippen molar-refractivity contribution >= 4 is 21.9 Å². The van der Waals surface area contributed by atoms with Crippen molar-refractivity contribution in [1.82, 2.24) is 5.32 Å². The van der Waals surface area contributed by atoms with Crippen molar-refractivity contribution in [2.75, 3.05) is 13.7 Å². The summed E-state index contributed by atoms with van der Waals surface area (Å²) in [6, 6.07) is 3.65. The van der Waals surface area contributed by atoms with E-state index in [2.05, 4.69) is 5.32 Å². The molecular weight excluding hydrogens is 336 g/mol. The first-order valence-corrected chi connectivity index (χ1v) is 8.91. The zero-order valence-corrected chi connectivity index (χ0v) is 14.7. The fourth-order valence-electron chi connectivity index (χ4n) is 2.06. The summed E-state index contributed by atoms with van der Waals surface area (Å²) >= 11 is 0. The van der Waals surface area contributed by atoms with Crippen molar-refractivity contribution in [3.63, 3.8) is 0 Å². The fraction of sp³-hybridized carbons (Fsp3) is 0.467. The van der Waals surface area contributed by atoms with E-state index in [0.717, 1.165) is 18.9 Å². The van der Waals surface area contributed by atoms with Crippen LogP contribution in [0.3, 0.4) is 0 Å². The van der Waals surface area contributed by atoms with E-state index >= 15 is 0 Å². The molecule has 0 aliphatic carbocycles. The predicted octanol–water partition coefficient (Wildman–Crippen LogP) is 0.804. The first-order chi connectivity index (χ1) is 11.2. The molecule has 9 heteroatoms. The summed E-state index contributed by atoms with van der Waals surface area (Å²) in [7, 11) is -2.79. The van der Waals surface area contributed by atoms with Gasteiger partial charge >= 0.3 is 5.97 Å². The van der Waals surface area contributed by atoms with Crippen LogP contribution in [0.25, 0.3) is 0 Å². The Morgan fingerprint density at radius 1 is 1.33 bits per heavy atom. The molecule has 1 aromatic rings.